The maximum absolute atomic E-state index is 12.2. The molecule has 6 heteroatoms. The average Bonchev–Trinajstić information content (AvgIpc) is 3.04. The highest BCUT2D eigenvalue weighted by molar-refractivity contribution is 5.82. The second-order valence-electron chi connectivity index (χ2n) is 5.28. The van der Waals surface area contributed by atoms with E-state index in [1.807, 2.05) is 25.1 Å². The molecule has 1 unspecified atom stereocenters. The van der Waals surface area contributed by atoms with Gasteiger partial charge < -0.3 is 9.84 Å². The third kappa shape index (κ3) is 3.10. The van der Waals surface area contributed by atoms with Crippen LogP contribution < -0.4 is 4.74 Å². The summed E-state index contributed by atoms with van der Waals surface area (Å²) in [6.07, 6.45) is 5.19. The average molecular weight is 303 g/mol. The van der Waals surface area contributed by atoms with Gasteiger partial charge in [0.2, 0.25) is 0 Å². The molecule has 0 saturated carbocycles. The SMILES string of the molecule is CCCCC(Cn1cncn1)(C(=O)O)c1ccccc1OC. The Morgan fingerprint density at radius 2 is 2.18 bits per heavy atom. The van der Waals surface area contributed by atoms with E-state index in [0.29, 0.717) is 17.7 Å². The molecule has 2 rings (SSSR count). The van der Waals surface area contributed by atoms with Crippen LogP contribution in [-0.4, -0.2) is 33.0 Å². The standard InChI is InChI=1S/C16H21N3O3/c1-3-4-9-16(15(20)21,10-19-12-17-11-18-19)13-7-5-6-8-14(13)22-2/h5-8,11-12H,3-4,9-10H2,1-2H3,(H,20,21). The Hall–Kier alpha value is -2.37. The first-order chi connectivity index (χ1) is 10.6. The summed E-state index contributed by atoms with van der Waals surface area (Å²) in [5, 5.41) is 14.1. The number of carbonyl (C=O) groups is 1. The molecule has 2 aromatic rings. The Morgan fingerprint density at radius 1 is 1.41 bits per heavy atom. The minimum Gasteiger partial charge on any atom is -0.496 e. The van der Waals surface area contributed by atoms with Crippen LogP contribution in [0.4, 0.5) is 0 Å². The van der Waals surface area contributed by atoms with Crippen LogP contribution >= 0.6 is 0 Å². The van der Waals surface area contributed by atoms with E-state index < -0.39 is 11.4 Å². The topological polar surface area (TPSA) is 77.2 Å². The summed E-state index contributed by atoms with van der Waals surface area (Å²) in [7, 11) is 1.56. The molecule has 1 aromatic heterocycles. The maximum Gasteiger partial charge on any atom is 0.316 e. The van der Waals surface area contributed by atoms with E-state index in [-0.39, 0.29) is 6.54 Å². The number of carboxylic acids is 1. The van der Waals surface area contributed by atoms with Crippen LogP contribution in [0.5, 0.6) is 5.75 Å². The van der Waals surface area contributed by atoms with Crippen molar-refractivity contribution in [3.05, 3.63) is 42.5 Å². The van der Waals surface area contributed by atoms with Gasteiger partial charge >= 0.3 is 5.97 Å². The molecule has 0 fully saturated rings. The van der Waals surface area contributed by atoms with Crippen molar-refractivity contribution < 1.29 is 14.6 Å². The van der Waals surface area contributed by atoms with Crippen molar-refractivity contribution >= 4 is 5.97 Å². The molecule has 118 valence electrons. The van der Waals surface area contributed by atoms with Gasteiger partial charge in [-0.1, -0.05) is 38.0 Å². The zero-order valence-corrected chi connectivity index (χ0v) is 12.9. The summed E-state index contributed by atoms with van der Waals surface area (Å²) in [6, 6.07) is 7.28. The van der Waals surface area contributed by atoms with Crippen LogP contribution in [-0.2, 0) is 16.8 Å². The number of aromatic nitrogens is 3. The molecule has 0 bridgehead atoms. The number of hydrogen-bond acceptors (Lipinski definition) is 4. The first kappa shape index (κ1) is 16.0. The van der Waals surface area contributed by atoms with E-state index in [1.165, 1.54) is 6.33 Å². The highest BCUT2D eigenvalue weighted by Crippen LogP contribution is 2.38. The fourth-order valence-corrected chi connectivity index (χ4v) is 2.70. The lowest BCUT2D eigenvalue weighted by Gasteiger charge is -2.31. The fourth-order valence-electron chi connectivity index (χ4n) is 2.70. The monoisotopic (exact) mass is 303 g/mol. The molecular weight excluding hydrogens is 282 g/mol. The molecule has 0 aliphatic heterocycles. The van der Waals surface area contributed by atoms with Crippen LogP contribution in [0.1, 0.15) is 31.7 Å². The summed E-state index contributed by atoms with van der Waals surface area (Å²) < 4.78 is 6.96. The molecule has 1 N–H and O–H groups in total. The largest absolute Gasteiger partial charge is 0.496 e. The summed E-state index contributed by atoms with van der Waals surface area (Å²) in [6.45, 7) is 2.27. The number of nitrogens with zero attached hydrogens (tertiary/aromatic N) is 3. The van der Waals surface area contributed by atoms with E-state index in [0.717, 1.165) is 12.8 Å². The zero-order valence-electron chi connectivity index (χ0n) is 12.9. The van der Waals surface area contributed by atoms with Gasteiger partial charge in [0.1, 0.15) is 23.8 Å². The first-order valence-electron chi connectivity index (χ1n) is 7.33. The number of rotatable bonds is 8. The Bertz CT molecular complexity index is 613. The number of methoxy groups -OCH3 is 1. The molecule has 1 aromatic carbocycles. The Labute approximate surface area is 129 Å². The van der Waals surface area contributed by atoms with E-state index >= 15 is 0 Å². The molecule has 6 nitrogen and oxygen atoms in total. The van der Waals surface area contributed by atoms with E-state index in [2.05, 4.69) is 10.1 Å². The van der Waals surface area contributed by atoms with E-state index in [4.69, 9.17) is 4.74 Å². The zero-order chi connectivity index (χ0) is 16.0. The second-order valence-corrected chi connectivity index (χ2v) is 5.28. The molecular formula is C16H21N3O3. The van der Waals surface area contributed by atoms with Crippen molar-refractivity contribution in [2.45, 2.75) is 38.1 Å². The number of benzene rings is 1. The van der Waals surface area contributed by atoms with Gasteiger partial charge in [0.15, 0.2) is 0 Å². The number of hydrogen-bond donors (Lipinski definition) is 1. The number of carboxylic acid groups (broad SMARTS) is 1. The minimum absolute atomic E-state index is 0.225. The van der Waals surface area contributed by atoms with Crippen molar-refractivity contribution in [3.63, 3.8) is 0 Å². The van der Waals surface area contributed by atoms with E-state index in [1.54, 1.807) is 24.2 Å². The van der Waals surface area contributed by atoms with Crippen LogP contribution in [0.25, 0.3) is 0 Å². The lowest BCUT2D eigenvalue weighted by molar-refractivity contribution is -0.145. The maximum atomic E-state index is 12.2. The van der Waals surface area contributed by atoms with Crippen LogP contribution in [0.3, 0.4) is 0 Å². The summed E-state index contributed by atoms with van der Waals surface area (Å²) in [5.74, 6) is -0.290. The van der Waals surface area contributed by atoms with Gasteiger partial charge in [0.05, 0.1) is 13.7 Å². The lowest BCUT2D eigenvalue weighted by Crippen LogP contribution is -2.40. The smallest absolute Gasteiger partial charge is 0.316 e. The predicted molar refractivity (Wildman–Crippen MR) is 81.9 cm³/mol. The molecule has 0 radical (unpaired) electrons. The number of para-hydroxylation sites is 1. The third-order valence-corrected chi connectivity index (χ3v) is 3.89. The van der Waals surface area contributed by atoms with Crippen molar-refractivity contribution in [2.75, 3.05) is 7.11 Å². The molecule has 1 atom stereocenters. The Morgan fingerprint density at radius 3 is 2.77 bits per heavy atom. The fraction of sp³-hybridized carbons (Fsp3) is 0.438. The highest BCUT2D eigenvalue weighted by atomic mass is 16.5. The Kier molecular flexibility index (Phi) is 5.14. The van der Waals surface area contributed by atoms with Gasteiger partial charge in [0.25, 0.3) is 0 Å². The van der Waals surface area contributed by atoms with Crippen molar-refractivity contribution in [1.82, 2.24) is 14.8 Å². The van der Waals surface area contributed by atoms with Gasteiger partial charge in [-0.05, 0) is 12.5 Å². The van der Waals surface area contributed by atoms with Crippen molar-refractivity contribution in [3.8, 4) is 5.75 Å². The molecule has 22 heavy (non-hydrogen) atoms. The molecule has 0 saturated heterocycles. The number of aliphatic carboxylic acids is 1. The predicted octanol–water partition coefficient (Wildman–Crippen LogP) is 2.50. The van der Waals surface area contributed by atoms with Crippen LogP contribution in [0.15, 0.2) is 36.9 Å². The van der Waals surface area contributed by atoms with Crippen molar-refractivity contribution in [2.24, 2.45) is 0 Å². The van der Waals surface area contributed by atoms with Gasteiger partial charge in [-0.2, -0.15) is 5.10 Å². The molecule has 0 aliphatic carbocycles. The summed E-state index contributed by atoms with van der Waals surface area (Å²) in [4.78, 5) is 16.1. The van der Waals surface area contributed by atoms with Gasteiger partial charge in [-0.15, -0.1) is 0 Å². The lowest BCUT2D eigenvalue weighted by atomic mass is 9.75. The second kappa shape index (κ2) is 7.06. The van der Waals surface area contributed by atoms with Gasteiger partial charge in [-0.3, -0.25) is 9.48 Å². The Balaban J connectivity index is 2.53. The summed E-state index contributed by atoms with van der Waals surface area (Å²) in [5.41, 5.74) is -0.412. The van der Waals surface area contributed by atoms with Crippen molar-refractivity contribution in [1.29, 1.82) is 0 Å². The van der Waals surface area contributed by atoms with Gasteiger partial charge in [0, 0.05) is 5.56 Å². The molecule has 0 spiro atoms. The number of unbranched alkanes of at least 4 members (excludes halogenated alkanes) is 1. The van der Waals surface area contributed by atoms with E-state index in [9.17, 15) is 9.90 Å². The first-order valence-corrected chi connectivity index (χ1v) is 7.33. The molecule has 0 amide bonds. The van der Waals surface area contributed by atoms with Gasteiger partial charge in [-0.25, -0.2) is 4.98 Å². The molecule has 1 heterocycles. The summed E-state index contributed by atoms with van der Waals surface area (Å²) >= 11 is 0. The van der Waals surface area contributed by atoms with Crippen LogP contribution in [0, 0.1) is 0 Å². The minimum atomic E-state index is -1.09. The normalized spacial score (nSPS) is 13.5. The third-order valence-electron chi connectivity index (χ3n) is 3.89. The molecule has 0 aliphatic rings. The van der Waals surface area contributed by atoms with Crippen LogP contribution in [0.2, 0.25) is 0 Å². The quantitative estimate of drug-likeness (QED) is 0.810. The highest BCUT2D eigenvalue weighted by Gasteiger charge is 2.42. The number of ether oxygens (including phenoxy) is 1.